The van der Waals surface area contributed by atoms with Gasteiger partial charge in [0.15, 0.2) is 0 Å². The van der Waals surface area contributed by atoms with E-state index in [1.165, 1.54) is 5.56 Å². The smallest absolute Gasteiger partial charge is 0.126 e. The summed E-state index contributed by atoms with van der Waals surface area (Å²) in [5, 5.41) is 0. The van der Waals surface area contributed by atoms with E-state index in [4.69, 9.17) is 5.73 Å². The summed E-state index contributed by atoms with van der Waals surface area (Å²) >= 11 is 0. The van der Waals surface area contributed by atoms with Crippen LogP contribution in [0.4, 0.5) is 4.39 Å². The molecule has 0 fully saturated rings. The minimum absolute atomic E-state index is 0.106. The van der Waals surface area contributed by atoms with Crippen LogP contribution in [-0.2, 0) is 6.42 Å². The molecule has 0 aromatic heterocycles. The number of unbranched alkanes of at least 4 members (excludes halogenated alkanes) is 1. The van der Waals surface area contributed by atoms with Crippen LogP contribution in [0.1, 0.15) is 29.5 Å². The van der Waals surface area contributed by atoms with Crippen LogP contribution in [0.5, 0.6) is 0 Å². The van der Waals surface area contributed by atoms with Gasteiger partial charge in [0.25, 0.3) is 0 Å². The molecule has 14 heavy (non-hydrogen) atoms. The van der Waals surface area contributed by atoms with E-state index in [-0.39, 0.29) is 5.82 Å². The zero-order chi connectivity index (χ0) is 10.6. The van der Waals surface area contributed by atoms with Gasteiger partial charge in [-0.05, 0) is 62.4 Å². The van der Waals surface area contributed by atoms with Crippen molar-refractivity contribution in [2.75, 3.05) is 6.54 Å². The van der Waals surface area contributed by atoms with Crippen LogP contribution in [0.15, 0.2) is 12.1 Å². The van der Waals surface area contributed by atoms with E-state index in [2.05, 4.69) is 0 Å². The Kier molecular flexibility index (Phi) is 4.08. The molecule has 0 aliphatic heterocycles. The van der Waals surface area contributed by atoms with Crippen molar-refractivity contribution in [2.45, 2.75) is 33.1 Å². The molecule has 2 heteroatoms. The number of aryl methyl sites for hydroxylation is 3. The van der Waals surface area contributed by atoms with Crippen molar-refractivity contribution >= 4 is 0 Å². The molecule has 1 nitrogen and oxygen atoms in total. The first-order valence-electron chi connectivity index (χ1n) is 5.11. The van der Waals surface area contributed by atoms with Crippen LogP contribution in [0, 0.1) is 19.7 Å². The third-order valence-corrected chi connectivity index (χ3v) is 2.52. The molecule has 0 radical (unpaired) electrons. The van der Waals surface area contributed by atoms with Gasteiger partial charge in [0, 0.05) is 0 Å². The zero-order valence-corrected chi connectivity index (χ0v) is 8.94. The lowest BCUT2D eigenvalue weighted by Crippen LogP contribution is -2.00. The summed E-state index contributed by atoms with van der Waals surface area (Å²) < 4.78 is 13.1. The SMILES string of the molecule is Cc1cc(CCCCN)c(C)cc1F. The van der Waals surface area contributed by atoms with Gasteiger partial charge < -0.3 is 5.73 Å². The zero-order valence-electron chi connectivity index (χ0n) is 8.94. The standard InChI is InChI=1S/C12H18FN/c1-9-8-12(13)10(2)7-11(9)5-3-4-6-14/h7-8H,3-6,14H2,1-2H3. The second-order valence-electron chi connectivity index (χ2n) is 3.77. The van der Waals surface area contributed by atoms with E-state index in [1.54, 1.807) is 13.0 Å². The minimum atomic E-state index is -0.106. The Morgan fingerprint density at radius 2 is 1.86 bits per heavy atom. The third-order valence-electron chi connectivity index (χ3n) is 2.52. The van der Waals surface area contributed by atoms with Gasteiger partial charge in [0.1, 0.15) is 5.82 Å². The number of benzene rings is 1. The molecule has 0 heterocycles. The van der Waals surface area contributed by atoms with Crippen LogP contribution in [0.25, 0.3) is 0 Å². The fourth-order valence-electron chi connectivity index (χ4n) is 1.57. The lowest BCUT2D eigenvalue weighted by atomic mass is 10.00. The van der Waals surface area contributed by atoms with Crippen molar-refractivity contribution in [3.8, 4) is 0 Å². The van der Waals surface area contributed by atoms with Crippen LogP contribution in [0.2, 0.25) is 0 Å². The molecule has 0 atom stereocenters. The van der Waals surface area contributed by atoms with E-state index in [0.717, 1.165) is 36.9 Å². The van der Waals surface area contributed by atoms with Gasteiger partial charge in [-0.15, -0.1) is 0 Å². The predicted octanol–water partition coefficient (Wildman–Crippen LogP) is 2.72. The van der Waals surface area contributed by atoms with Gasteiger partial charge >= 0.3 is 0 Å². The third kappa shape index (κ3) is 2.81. The molecule has 0 unspecified atom stereocenters. The fourth-order valence-corrected chi connectivity index (χ4v) is 1.57. The molecule has 1 rings (SSSR count). The van der Waals surface area contributed by atoms with E-state index < -0.39 is 0 Å². The Bertz CT molecular complexity index is 307. The topological polar surface area (TPSA) is 26.0 Å². The van der Waals surface area contributed by atoms with Crippen molar-refractivity contribution < 1.29 is 4.39 Å². The Hall–Kier alpha value is -0.890. The monoisotopic (exact) mass is 195 g/mol. The lowest BCUT2D eigenvalue weighted by molar-refractivity contribution is 0.615. The van der Waals surface area contributed by atoms with Gasteiger partial charge in [-0.2, -0.15) is 0 Å². The summed E-state index contributed by atoms with van der Waals surface area (Å²) in [5.74, 6) is -0.106. The summed E-state index contributed by atoms with van der Waals surface area (Å²) in [6.07, 6.45) is 3.13. The number of rotatable bonds is 4. The molecule has 0 amide bonds. The van der Waals surface area contributed by atoms with Gasteiger partial charge in [-0.25, -0.2) is 4.39 Å². The quantitative estimate of drug-likeness (QED) is 0.734. The number of halogens is 1. The largest absolute Gasteiger partial charge is 0.330 e. The van der Waals surface area contributed by atoms with Gasteiger partial charge in [0.2, 0.25) is 0 Å². The predicted molar refractivity (Wildman–Crippen MR) is 57.9 cm³/mol. The van der Waals surface area contributed by atoms with Crippen molar-refractivity contribution in [2.24, 2.45) is 5.73 Å². The summed E-state index contributed by atoms with van der Waals surface area (Å²) in [7, 11) is 0. The highest BCUT2D eigenvalue weighted by Crippen LogP contribution is 2.16. The fraction of sp³-hybridized carbons (Fsp3) is 0.500. The number of hydrogen-bond donors (Lipinski definition) is 1. The average Bonchev–Trinajstić information content (AvgIpc) is 2.14. The lowest BCUT2D eigenvalue weighted by Gasteiger charge is -2.07. The first-order chi connectivity index (χ1) is 6.65. The number of nitrogens with two attached hydrogens (primary N) is 1. The summed E-state index contributed by atoms with van der Waals surface area (Å²) in [6, 6.07) is 3.56. The average molecular weight is 195 g/mol. The Labute approximate surface area is 85.1 Å². The van der Waals surface area contributed by atoms with Crippen molar-refractivity contribution in [3.05, 3.63) is 34.6 Å². The normalized spacial score (nSPS) is 10.6. The van der Waals surface area contributed by atoms with Crippen LogP contribution < -0.4 is 5.73 Å². The van der Waals surface area contributed by atoms with E-state index in [9.17, 15) is 4.39 Å². The van der Waals surface area contributed by atoms with Crippen molar-refractivity contribution in [1.29, 1.82) is 0 Å². The van der Waals surface area contributed by atoms with Gasteiger partial charge in [0.05, 0.1) is 0 Å². The van der Waals surface area contributed by atoms with E-state index in [1.807, 2.05) is 13.0 Å². The highest BCUT2D eigenvalue weighted by Gasteiger charge is 2.03. The molecule has 2 N–H and O–H groups in total. The van der Waals surface area contributed by atoms with Crippen molar-refractivity contribution in [3.63, 3.8) is 0 Å². The first kappa shape index (κ1) is 11.2. The number of hydrogen-bond acceptors (Lipinski definition) is 1. The van der Waals surface area contributed by atoms with Crippen LogP contribution in [-0.4, -0.2) is 6.54 Å². The molecular formula is C12H18FN. The first-order valence-corrected chi connectivity index (χ1v) is 5.11. The highest BCUT2D eigenvalue weighted by molar-refractivity contribution is 5.31. The molecule has 1 aromatic rings. The summed E-state index contributed by atoms with van der Waals surface area (Å²) in [6.45, 7) is 4.50. The summed E-state index contributed by atoms with van der Waals surface area (Å²) in [5.41, 5.74) is 8.45. The second kappa shape index (κ2) is 5.11. The molecular weight excluding hydrogens is 177 g/mol. The van der Waals surface area contributed by atoms with Gasteiger partial charge in [-0.1, -0.05) is 6.07 Å². The molecule has 1 aromatic carbocycles. The maximum atomic E-state index is 13.1. The summed E-state index contributed by atoms with van der Waals surface area (Å²) in [4.78, 5) is 0. The maximum Gasteiger partial charge on any atom is 0.126 e. The van der Waals surface area contributed by atoms with Gasteiger partial charge in [-0.3, -0.25) is 0 Å². The molecule has 0 saturated heterocycles. The van der Waals surface area contributed by atoms with E-state index in [0.29, 0.717) is 0 Å². The molecule has 0 aliphatic carbocycles. The Morgan fingerprint density at radius 1 is 1.14 bits per heavy atom. The maximum absolute atomic E-state index is 13.1. The molecule has 0 spiro atoms. The second-order valence-corrected chi connectivity index (χ2v) is 3.77. The van der Waals surface area contributed by atoms with E-state index >= 15 is 0 Å². The van der Waals surface area contributed by atoms with Crippen LogP contribution >= 0.6 is 0 Å². The highest BCUT2D eigenvalue weighted by atomic mass is 19.1. The molecule has 0 aliphatic rings. The molecule has 78 valence electrons. The molecule has 0 saturated carbocycles. The van der Waals surface area contributed by atoms with Crippen LogP contribution in [0.3, 0.4) is 0 Å². The Morgan fingerprint density at radius 3 is 2.50 bits per heavy atom. The Balaban J connectivity index is 2.72. The minimum Gasteiger partial charge on any atom is -0.330 e. The molecule has 0 bridgehead atoms. The van der Waals surface area contributed by atoms with Crippen molar-refractivity contribution in [1.82, 2.24) is 0 Å².